The van der Waals surface area contributed by atoms with E-state index in [9.17, 15) is 9.59 Å². The minimum atomic E-state index is -0.00243. The smallest absolute Gasteiger partial charge is 0.254 e. The molecule has 1 N–H and O–H groups in total. The molecule has 2 atom stereocenters. The van der Waals surface area contributed by atoms with E-state index in [1.165, 1.54) is 19.3 Å². The fourth-order valence-electron chi connectivity index (χ4n) is 6.11. The molecule has 218 valence electrons. The second kappa shape index (κ2) is 14.4. The van der Waals surface area contributed by atoms with Gasteiger partial charge in [0.25, 0.3) is 5.91 Å². The van der Waals surface area contributed by atoms with Gasteiger partial charge in [0.1, 0.15) is 0 Å². The summed E-state index contributed by atoms with van der Waals surface area (Å²) < 4.78 is 16.5. The summed E-state index contributed by atoms with van der Waals surface area (Å²) in [7, 11) is 3.28. The van der Waals surface area contributed by atoms with E-state index in [-0.39, 0.29) is 17.9 Å². The van der Waals surface area contributed by atoms with Crippen molar-refractivity contribution in [3.05, 3.63) is 23.8 Å². The number of hydrogen-bond donors (Lipinski definition) is 1. The summed E-state index contributed by atoms with van der Waals surface area (Å²) in [6.07, 6.45) is 8.73. The molecule has 0 aromatic heterocycles. The summed E-state index contributed by atoms with van der Waals surface area (Å²) >= 11 is 0. The van der Waals surface area contributed by atoms with Crippen LogP contribution in [0.15, 0.2) is 18.2 Å². The van der Waals surface area contributed by atoms with Gasteiger partial charge >= 0.3 is 0 Å². The molecule has 8 heteroatoms. The topological polar surface area (TPSA) is 80.3 Å². The Labute approximate surface area is 234 Å². The molecule has 0 radical (unpaired) electrons. The summed E-state index contributed by atoms with van der Waals surface area (Å²) in [4.78, 5) is 31.5. The number of carbonyl (C=O) groups excluding carboxylic acids is 2. The first-order chi connectivity index (χ1) is 18.9. The van der Waals surface area contributed by atoms with Crippen LogP contribution in [0.25, 0.3) is 0 Å². The van der Waals surface area contributed by atoms with E-state index in [0.29, 0.717) is 60.6 Å². The van der Waals surface area contributed by atoms with E-state index >= 15 is 0 Å². The molecule has 1 aromatic rings. The fourth-order valence-corrected chi connectivity index (χ4v) is 6.11. The molecule has 3 fully saturated rings. The third kappa shape index (κ3) is 7.88. The molecule has 2 saturated carbocycles. The predicted molar refractivity (Wildman–Crippen MR) is 152 cm³/mol. The van der Waals surface area contributed by atoms with Gasteiger partial charge in [0, 0.05) is 69.9 Å². The Morgan fingerprint density at radius 2 is 1.67 bits per heavy atom. The molecule has 2 aliphatic carbocycles. The van der Waals surface area contributed by atoms with Gasteiger partial charge in [-0.05, 0) is 69.6 Å². The van der Waals surface area contributed by atoms with Crippen molar-refractivity contribution in [2.24, 2.45) is 17.8 Å². The van der Waals surface area contributed by atoms with E-state index in [4.69, 9.17) is 14.2 Å². The van der Waals surface area contributed by atoms with Crippen LogP contribution < -0.4 is 14.8 Å². The molecule has 3 aliphatic rings. The highest BCUT2D eigenvalue weighted by Gasteiger charge is 2.40. The number of hydrogen-bond acceptors (Lipinski definition) is 6. The quantitative estimate of drug-likeness (QED) is 0.351. The third-order valence-electron chi connectivity index (χ3n) is 8.61. The summed E-state index contributed by atoms with van der Waals surface area (Å²) in [6, 6.07) is 5.90. The van der Waals surface area contributed by atoms with Gasteiger partial charge in [0.15, 0.2) is 11.5 Å². The Hall–Kier alpha value is -2.32. The number of methoxy groups -OCH3 is 2. The lowest BCUT2D eigenvalue weighted by Gasteiger charge is -2.35. The van der Waals surface area contributed by atoms with E-state index in [1.807, 2.05) is 17.0 Å². The molecular formula is C31H49N3O5. The second-order valence-corrected chi connectivity index (χ2v) is 11.8. The minimum absolute atomic E-state index is 0.00243. The lowest BCUT2D eigenvalue weighted by Crippen LogP contribution is -2.46. The van der Waals surface area contributed by atoms with Crippen LogP contribution in [0, 0.1) is 17.8 Å². The van der Waals surface area contributed by atoms with Gasteiger partial charge in [-0.3, -0.25) is 9.59 Å². The highest BCUT2D eigenvalue weighted by Crippen LogP contribution is 2.35. The number of nitrogens with one attached hydrogen (secondary N) is 1. The summed E-state index contributed by atoms with van der Waals surface area (Å²) in [5, 5.41) is 3.56. The monoisotopic (exact) mass is 543 g/mol. The molecule has 39 heavy (non-hydrogen) atoms. The summed E-state index contributed by atoms with van der Waals surface area (Å²) in [5.41, 5.74) is 0.598. The Bertz CT molecular complexity index is 944. The van der Waals surface area contributed by atoms with Gasteiger partial charge in [0.05, 0.1) is 13.7 Å². The predicted octanol–water partition coefficient (Wildman–Crippen LogP) is 4.37. The van der Waals surface area contributed by atoms with Gasteiger partial charge in [-0.1, -0.05) is 19.3 Å². The number of rotatable bonds is 14. The largest absolute Gasteiger partial charge is 0.493 e. The molecule has 4 rings (SSSR count). The van der Waals surface area contributed by atoms with E-state index in [2.05, 4.69) is 24.1 Å². The zero-order valence-electron chi connectivity index (χ0n) is 24.5. The Kier molecular flexibility index (Phi) is 10.9. The summed E-state index contributed by atoms with van der Waals surface area (Å²) in [5.74, 6) is 2.44. The van der Waals surface area contributed by atoms with Crippen LogP contribution in [0.4, 0.5) is 0 Å². The van der Waals surface area contributed by atoms with E-state index in [1.54, 1.807) is 20.3 Å². The third-order valence-corrected chi connectivity index (χ3v) is 8.61. The molecule has 1 aromatic carbocycles. The maximum atomic E-state index is 13.8. The normalized spacial score (nSPS) is 21.7. The first-order valence-electron chi connectivity index (χ1n) is 15.0. The van der Waals surface area contributed by atoms with Crippen LogP contribution in [-0.2, 0) is 9.53 Å². The fraction of sp³-hybridized carbons (Fsp3) is 0.742. The average Bonchev–Trinajstić information content (AvgIpc) is 3.70. The molecule has 1 heterocycles. The van der Waals surface area contributed by atoms with Crippen LogP contribution in [0.1, 0.15) is 75.6 Å². The Morgan fingerprint density at radius 1 is 0.949 bits per heavy atom. The van der Waals surface area contributed by atoms with Crippen molar-refractivity contribution in [2.75, 3.05) is 53.6 Å². The maximum absolute atomic E-state index is 13.8. The number of ether oxygens (including phenoxy) is 3. The van der Waals surface area contributed by atoms with E-state index in [0.717, 1.165) is 51.7 Å². The van der Waals surface area contributed by atoms with Crippen molar-refractivity contribution in [3.63, 3.8) is 0 Å². The van der Waals surface area contributed by atoms with Crippen molar-refractivity contribution >= 4 is 11.8 Å². The molecule has 0 unspecified atom stereocenters. The molecular weight excluding hydrogens is 494 g/mol. The molecule has 0 spiro atoms. The first-order valence-corrected chi connectivity index (χ1v) is 15.0. The number of benzene rings is 1. The zero-order valence-corrected chi connectivity index (χ0v) is 24.5. The second-order valence-electron chi connectivity index (χ2n) is 11.8. The SMILES string of the molecule is COCCCOc1cc(C(=O)N(C[C@@H]2CNC[C@@H]2CN(C(=O)C2CCCCC2)C2CC2)C(C)C)ccc1OC. The summed E-state index contributed by atoms with van der Waals surface area (Å²) in [6.45, 7) is 8.49. The van der Waals surface area contributed by atoms with Gasteiger partial charge < -0.3 is 29.3 Å². The van der Waals surface area contributed by atoms with Crippen LogP contribution in [-0.4, -0.2) is 87.3 Å². The molecule has 2 amide bonds. The minimum Gasteiger partial charge on any atom is -0.493 e. The number of carbonyl (C=O) groups is 2. The number of amides is 2. The van der Waals surface area contributed by atoms with Crippen LogP contribution >= 0.6 is 0 Å². The van der Waals surface area contributed by atoms with Crippen molar-refractivity contribution in [2.45, 2.75) is 77.3 Å². The van der Waals surface area contributed by atoms with Crippen molar-refractivity contribution < 1.29 is 23.8 Å². The zero-order chi connectivity index (χ0) is 27.8. The standard InChI is InChI=1S/C31H49N3O5/c1-22(2)33(31(36)24-11-14-28(38-4)29(17-24)39-16-8-15-37-3)20-25-18-32-19-26(25)21-34(27-12-13-27)30(35)23-9-6-5-7-10-23/h11,14,17,22-23,25-27,32H,5-10,12-13,15-16,18-21H2,1-4H3/t25-,26+/m0/s1. The lowest BCUT2D eigenvalue weighted by atomic mass is 9.87. The van der Waals surface area contributed by atoms with Gasteiger partial charge in [-0.2, -0.15) is 0 Å². The van der Waals surface area contributed by atoms with Crippen molar-refractivity contribution in [3.8, 4) is 11.5 Å². The van der Waals surface area contributed by atoms with Gasteiger partial charge in [0.2, 0.25) is 5.91 Å². The molecule has 0 bridgehead atoms. The van der Waals surface area contributed by atoms with Crippen LogP contribution in [0.3, 0.4) is 0 Å². The van der Waals surface area contributed by atoms with E-state index < -0.39 is 0 Å². The average molecular weight is 544 g/mol. The van der Waals surface area contributed by atoms with Crippen molar-refractivity contribution in [1.82, 2.24) is 15.1 Å². The Morgan fingerprint density at radius 3 is 2.31 bits per heavy atom. The number of nitrogens with zero attached hydrogens (tertiary/aromatic N) is 2. The molecule has 1 saturated heterocycles. The maximum Gasteiger partial charge on any atom is 0.254 e. The van der Waals surface area contributed by atoms with Gasteiger partial charge in [-0.25, -0.2) is 0 Å². The first kappa shape index (κ1) is 29.7. The Balaban J connectivity index is 1.43. The molecule has 1 aliphatic heterocycles. The molecule has 8 nitrogen and oxygen atoms in total. The van der Waals surface area contributed by atoms with Gasteiger partial charge in [-0.15, -0.1) is 0 Å². The highest BCUT2D eigenvalue weighted by molar-refractivity contribution is 5.95. The van der Waals surface area contributed by atoms with Crippen molar-refractivity contribution in [1.29, 1.82) is 0 Å². The van der Waals surface area contributed by atoms with Crippen LogP contribution in [0.5, 0.6) is 11.5 Å². The van der Waals surface area contributed by atoms with Crippen LogP contribution in [0.2, 0.25) is 0 Å². The lowest BCUT2D eigenvalue weighted by molar-refractivity contribution is -0.138. The highest BCUT2D eigenvalue weighted by atomic mass is 16.5.